The first kappa shape index (κ1) is 28.5. The maximum absolute atomic E-state index is 14.0. The van der Waals surface area contributed by atoms with E-state index in [0.29, 0.717) is 30.8 Å². The standard InChI is InChI=1S/C31H36N4O6S/c1-20-14-15-24(25(36)19-35(20)42(39,40)28-13-7-8-16-32-28)33-30(38)31(18-23(31)21-9-3-2-4-10-21)34-29(37)27-17-22-11-5-6-12-26(22)41-27/h5-8,11-13,16-17,20-21,23-24H,2-4,9-10,14-15,18-19H2,1H3,(H,33,38)(H,34,37)/t20-,23?,24+,31+/m1/s1. The van der Waals surface area contributed by atoms with Gasteiger partial charge in [-0.15, -0.1) is 0 Å². The Morgan fingerprint density at radius 3 is 2.52 bits per heavy atom. The van der Waals surface area contributed by atoms with Crippen molar-refractivity contribution in [2.24, 2.45) is 11.8 Å². The quantitative estimate of drug-likeness (QED) is 0.425. The highest BCUT2D eigenvalue weighted by Crippen LogP contribution is 2.53. The zero-order valence-electron chi connectivity index (χ0n) is 23.6. The molecule has 1 saturated heterocycles. The Hall–Kier alpha value is -3.57. The fourth-order valence-corrected chi connectivity index (χ4v) is 8.29. The molecule has 0 bridgehead atoms. The van der Waals surface area contributed by atoms with E-state index in [1.807, 2.05) is 18.2 Å². The van der Waals surface area contributed by atoms with Gasteiger partial charge in [0.15, 0.2) is 16.6 Å². The van der Waals surface area contributed by atoms with E-state index in [-0.39, 0.29) is 29.0 Å². The zero-order valence-corrected chi connectivity index (χ0v) is 24.4. The van der Waals surface area contributed by atoms with Crippen molar-refractivity contribution >= 4 is 38.6 Å². The van der Waals surface area contributed by atoms with Crippen molar-refractivity contribution in [2.45, 2.75) is 80.9 Å². The summed E-state index contributed by atoms with van der Waals surface area (Å²) in [4.78, 5) is 44.8. The number of hydrogen-bond acceptors (Lipinski definition) is 7. The number of hydrogen-bond donors (Lipinski definition) is 2. The van der Waals surface area contributed by atoms with Crippen LogP contribution in [0.1, 0.15) is 68.8 Å². The molecule has 0 radical (unpaired) electrons. The number of nitrogens with one attached hydrogen (secondary N) is 2. The summed E-state index contributed by atoms with van der Waals surface area (Å²) >= 11 is 0. The van der Waals surface area contributed by atoms with Crippen LogP contribution in [0.25, 0.3) is 11.0 Å². The second-order valence-corrected chi connectivity index (χ2v) is 13.8. The van der Waals surface area contributed by atoms with Crippen molar-refractivity contribution in [2.75, 3.05) is 6.54 Å². The molecule has 2 aliphatic carbocycles. The molecule has 222 valence electrons. The van der Waals surface area contributed by atoms with E-state index in [1.54, 1.807) is 31.2 Å². The van der Waals surface area contributed by atoms with Crippen LogP contribution in [-0.4, -0.2) is 59.5 Å². The third kappa shape index (κ3) is 5.35. The Morgan fingerprint density at radius 1 is 1.02 bits per heavy atom. The summed E-state index contributed by atoms with van der Waals surface area (Å²) in [6.07, 6.45) is 7.92. The highest BCUT2D eigenvalue weighted by atomic mass is 32.2. The maximum Gasteiger partial charge on any atom is 0.287 e. The fourth-order valence-electron chi connectivity index (χ4n) is 6.73. The molecule has 4 atom stereocenters. The van der Waals surface area contributed by atoms with E-state index in [4.69, 9.17) is 4.42 Å². The zero-order chi connectivity index (χ0) is 29.5. The third-order valence-electron chi connectivity index (χ3n) is 9.21. The summed E-state index contributed by atoms with van der Waals surface area (Å²) < 4.78 is 33.5. The Kier molecular flexibility index (Phi) is 7.65. The number of sulfonamides is 1. The van der Waals surface area contributed by atoms with E-state index in [1.165, 1.54) is 23.0 Å². The van der Waals surface area contributed by atoms with Gasteiger partial charge in [-0.2, -0.15) is 4.31 Å². The van der Waals surface area contributed by atoms with Crippen LogP contribution in [0.2, 0.25) is 0 Å². The third-order valence-corrected chi connectivity index (χ3v) is 11.1. The number of benzene rings is 1. The summed E-state index contributed by atoms with van der Waals surface area (Å²) in [6.45, 7) is 1.39. The lowest BCUT2D eigenvalue weighted by Gasteiger charge is -2.27. The molecule has 10 nitrogen and oxygen atoms in total. The van der Waals surface area contributed by atoms with Crippen LogP contribution in [0.5, 0.6) is 0 Å². The molecule has 3 aromatic rings. The minimum absolute atomic E-state index is 0.0352. The molecule has 1 unspecified atom stereocenters. The van der Waals surface area contributed by atoms with E-state index in [0.717, 1.165) is 31.1 Å². The van der Waals surface area contributed by atoms with Gasteiger partial charge in [0.25, 0.3) is 15.9 Å². The lowest BCUT2D eigenvalue weighted by atomic mass is 9.84. The molecule has 2 aromatic heterocycles. The van der Waals surface area contributed by atoms with Crippen LogP contribution in [0.15, 0.2) is 64.2 Å². The van der Waals surface area contributed by atoms with Gasteiger partial charge in [-0.05, 0) is 62.3 Å². The number of carbonyl (C=O) groups excluding carboxylic acids is 3. The fraction of sp³-hybridized carbons (Fsp3) is 0.484. The summed E-state index contributed by atoms with van der Waals surface area (Å²) in [7, 11) is -4.00. The lowest BCUT2D eigenvalue weighted by Crippen LogP contribution is -2.55. The number of Topliss-reactive ketones (excluding diaryl/α,β-unsaturated/α-hetero) is 1. The van der Waals surface area contributed by atoms with Crippen LogP contribution in [0.4, 0.5) is 0 Å². The smallest absolute Gasteiger partial charge is 0.287 e. The molecule has 2 N–H and O–H groups in total. The van der Waals surface area contributed by atoms with Gasteiger partial charge in [-0.1, -0.05) is 56.4 Å². The first-order valence-electron chi connectivity index (χ1n) is 14.8. The molecule has 2 amide bonds. The maximum atomic E-state index is 14.0. The highest BCUT2D eigenvalue weighted by molar-refractivity contribution is 7.89. The highest BCUT2D eigenvalue weighted by Gasteiger charge is 2.64. The van der Waals surface area contributed by atoms with Crippen LogP contribution in [0.3, 0.4) is 0 Å². The van der Waals surface area contributed by atoms with Crippen molar-refractivity contribution in [3.05, 3.63) is 60.5 Å². The topological polar surface area (TPSA) is 139 Å². The average Bonchev–Trinajstić information content (AvgIpc) is 3.60. The molecule has 1 aliphatic heterocycles. The summed E-state index contributed by atoms with van der Waals surface area (Å²) in [5.74, 6) is -0.841. The minimum atomic E-state index is -4.00. The van der Waals surface area contributed by atoms with Gasteiger partial charge in [0.2, 0.25) is 5.91 Å². The Morgan fingerprint density at radius 2 is 1.79 bits per heavy atom. The number of ketones is 1. The van der Waals surface area contributed by atoms with Crippen molar-refractivity contribution in [1.29, 1.82) is 0 Å². The van der Waals surface area contributed by atoms with Gasteiger partial charge in [0.1, 0.15) is 11.1 Å². The Balaban J connectivity index is 1.21. The average molecular weight is 593 g/mol. The van der Waals surface area contributed by atoms with Gasteiger partial charge in [-0.25, -0.2) is 13.4 Å². The number of pyridine rings is 1. The molecule has 42 heavy (non-hydrogen) atoms. The second-order valence-electron chi connectivity index (χ2n) is 11.9. The minimum Gasteiger partial charge on any atom is -0.451 e. The van der Waals surface area contributed by atoms with E-state index in [2.05, 4.69) is 15.6 Å². The first-order chi connectivity index (χ1) is 20.2. The molecular weight excluding hydrogens is 556 g/mol. The molecule has 3 fully saturated rings. The summed E-state index contributed by atoms with van der Waals surface area (Å²) in [6, 6.07) is 12.3. The van der Waals surface area contributed by atoms with Crippen molar-refractivity contribution in [1.82, 2.24) is 19.9 Å². The SMILES string of the molecule is C[C@@H]1CC[C@H](NC(=O)[C@]2(NC(=O)c3cc4ccccc4o3)CC2C2CCCCC2)C(=O)CN1S(=O)(=O)c1ccccn1. The predicted molar refractivity (Wildman–Crippen MR) is 155 cm³/mol. The van der Waals surface area contributed by atoms with Crippen LogP contribution < -0.4 is 10.6 Å². The monoisotopic (exact) mass is 592 g/mol. The lowest BCUT2D eigenvalue weighted by molar-refractivity contribution is -0.129. The number of amides is 2. The molecule has 3 aliphatic rings. The number of carbonyl (C=O) groups is 3. The van der Waals surface area contributed by atoms with Crippen molar-refractivity contribution in [3.63, 3.8) is 0 Å². The second kappa shape index (κ2) is 11.3. The van der Waals surface area contributed by atoms with Gasteiger partial charge in [0.05, 0.1) is 12.6 Å². The molecule has 11 heteroatoms. The number of furan rings is 1. The van der Waals surface area contributed by atoms with Gasteiger partial charge in [0, 0.05) is 17.6 Å². The van der Waals surface area contributed by atoms with Gasteiger partial charge < -0.3 is 15.1 Å². The molecule has 1 aromatic carbocycles. The number of para-hydroxylation sites is 1. The van der Waals surface area contributed by atoms with E-state index >= 15 is 0 Å². The van der Waals surface area contributed by atoms with Gasteiger partial charge in [-0.3, -0.25) is 14.4 Å². The van der Waals surface area contributed by atoms with Gasteiger partial charge >= 0.3 is 0 Å². The van der Waals surface area contributed by atoms with E-state index < -0.39 is 39.5 Å². The molecule has 2 saturated carbocycles. The molecule has 6 rings (SSSR count). The molecule has 0 spiro atoms. The summed E-state index contributed by atoms with van der Waals surface area (Å²) in [5, 5.41) is 6.61. The van der Waals surface area contributed by atoms with Crippen LogP contribution >= 0.6 is 0 Å². The van der Waals surface area contributed by atoms with Crippen molar-refractivity contribution in [3.8, 4) is 0 Å². The number of nitrogens with zero attached hydrogens (tertiary/aromatic N) is 2. The predicted octanol–water partition coefficient (Wildman–Crippen LogP) is 3.82. The van der Waals surface area contributed by atoms with Crippen LogP contribution in [0, 0.1) is 11.8 Å². The summed E-state index contributed by atoms with van der Waals surface area (Å²) in [5.41, 5.74) is -0.556. The number of rotatable bonds is 7. The van der Waals surface area contributed by atoms with Crippen LogP contribution in [-0.2, 0) is 19.6 Å². The van der Waals surface area contributed by atoms with E-state index in [9.17, 15) is 22.8 Å². The normalized spacial score (nSPS) is 27.4. The number of fused-ring (bicyclic) bond motifs is 1. The Labute approximate surface area is 245 Å². The largest absolute Gasteiger partial charge is 0.451 e. The van der Waals surface area contributed by atoms with Crippen molar-refractivity contribution < 1.29 is 27.2 Å². The first-order valence-corrected chi connectivity index (χ1v) is 16.2. The Bertz CT molecular complexity index is 1570. The molecular formula is C31H36N4O6S. The molecule has 3 heterocycles. The number of aromatic nitrogens is 1.